The van der Waals surface area contributed by atoms with E-state index in [0.717, 1.165) is 12.8 Å². The Hall–Kier alpha value is -2.44. The van der Waals surface area contributed by atoms with Crippen LogP contribution in [-0.4, -0.2) is 57.3 Å². The number of ether oxygens (including phenoxy) is 4. The number of hydrogen-bond acceptors (Lipinski definition) is 6. The van der Waals surface area contributed by atoms with Gasteiger partial charge in [-0.15, -0.1) is 0 Å². The van der Waals surface area contributed by atoms with Gasteiger partial charge in [-0.3, -0.25) is 4.79 Å². The lowest BCUT2D eigenvalue weighted by Gasteiger charge is -2.31. The molecule has 1 fully saturated rings. The van der Waals surface area contributed by atoms with Gasteiger partial charge in [-0.2, -0.15) is 0 Å². The van der Waals surface area contributed by atoms with E-state index < -0.39 is 12.1 Å². The van der Waals surface area contributed by atoms with Gasteiger partial charge in [-0.05, 0) is 25.7 Å². The predicted octanol–water partition coefficient (Wildman–Crippen LogP) is 2.52. The minimum atomic E-state index is -0.867. The van der Waals surface area contributed by atoms with Crippen molar-refractivity contribution in [2.24, 2.45) is 5.92 Å². The van der Waals surface area contributed by atoms with Crippen molar-refractivity contribution in [3.63, 3.8) is 0 Å². The molecule has 7 heteroatoms. The maximum atomic E-state index is 12.6. The molecule has 1 aromatic carbocycles. The third kappa shape index (κ3) is 4.39. The molecule has 0 N–H and O–H groups in total. The summed E-state index contributed by atoms with van der Waals surface area (Å²) in [7, 11) is 4.42. The average Bonchev–Trinajstić information content (AvgIpc) is 2.66. The van der Waals surface area contributed by atoms with Crippen LogP contribution in [0.5, 0.6) is 17.2 Å². The monoisotopic (exact) mass is 365 g/mol. The second-order valence-electron chi connectivity index (χ2n) is 6.46. The molecule has 1 amide bonds. The molecule has 1 heterocycles. The molecule has 0 radical (unpaired) electrons. The maximum absolute atomic E-state index is 12.6. The van der Waals surface area contributed by atoms with Gasteiger partial charge in [-0.1, -0.05) is 6.92 Å². The number of rotatable bonds is 6. The molecular weight excluding hydrogens is 338 g/mol. The van der Waals surface area contributed by atoms with E-state index in [0.29, 0.717) is 36.3 Å². The van der Waals surface area contributed by atoms with Crippen molar-refractivity contribution >= 4 is 11.9 Å². The zero-order valence-electron chi connectivity index (χ0n) is 16.0. The van der Waals surface area contributed by atoms with Crippen molar-refractivity contribution in [3.8, 4) is 17.2 Å². The van der Waals surface area contributed by atoms with Crippen LogP contribution in [0, 0.1) is 5.92 Å². The second kappa shape index (κ2) is 8.78. The molecule has 7 nitrogen and oxygen atoms in total. The number of hydrogen-bond donors (Lipinski definition) is 0. The van der Waals surface area contributed by atoms with Crippen molar-refractivity contribution in [3.05, 3.63) is 17.7 Å². The van der Waals surface area contributed by atoms with E-state index in [1.165, 1.54) is 27.4 Å². The maximum Gasteiger partial charge on any atom is 0.342 e. The lowest BCUT2D eigenvalue weighted by molar-refractivity contribution is -0.141. The van der Waals surface area contributed by atoms with Crippen LogP contribution in [0.3, 0.4) is 0 Å². The lowest BCUT2D eigenvalue weighted by Crippen LogP contribution is -2.44. The van der Waals surface area contributed by atoms with Gasteiger partial charge in [0.2, 0.25) is 0 Å². The number of amides is 1. The normalized spacial score (nSPS) is 16.0. The summed E-state index contributed by atoms with van der Waals surface area (Å²) in [5.41, 5.74) is 0.178. The number of benzene rings is 1. The molecule has 0 unspecified atom stereocenters. The van der Waals surface area contributed by atoms with Crippen molar-refractivity contribution in [1.29, 1.82) is 0 Å². The molecule has 0 aromatic heterocycles. The summed E-state index contributed by atoms with van der Waals surface area (Å²) in [5.74, 6) is 0.905. The second-order valence-corrected chi connectivity index (χ2v) is 6.46. The topological polar surface area (TPSA) is 74.3 Å². The number of esters is 1. The molecule has 1 aromatic rings. The molecule has 1 saturated heterocycles. The van der Waals surface area contributed by atoms with Gasteiger partial charge in [0.05, 0.1) is 21.3 Å². The first-order chi connectivity index (χ1) is 12.4. The van der Waals surface area contributed by atoms with Gasteiger partial charge in [0.1, 0.15) is 11.3 Å². The Labute approximate surface area is 154 Å². The van der Waals surface area contributed by atoms with E-state index in [2.05, 4.69) is 6.92 Å². The summed E-state index contributed by atoms with van der Waals surface area (Å²) in [5, 5.41) is 0. The first-order valence-electron chi connectivity index (χ1n) is 8.71. The molecule has 26 heavy (non-hydrogen) atoms. The molecule has 0 aliphatic carbocycles. The van der Waals surface area contributed by atoms with Crippen molar-refractivity contribution in [2.75, 3.05) is 34.4 Å². The molecule has 0 saturated carbocycles. The van der Waals surface area contributed by atoms with Crippen LogP contribution in [0.4, 0.5) is 0 Å². The summed E-state index contributed by atoms with van der Waals surface area (Å²) in [6.45, 7) is 5.16. The van der Waals surface area contributed by atoms with Crippen LogP contribution >= 0.6 is 0 Å². The highest BCUT2D eigenvalue weighted by Crippen LogP contribution is 2.35. The summed E-state index contributed by atoms with van der Waals surface area (Å²) in [4.78, 5) is 26.8. The smallest absolute Gasteiger partial charge is 0.342 e. The molecule has 2 rings (SSSR count). The summed E-state index contributed by atoms with van der Waals surface area (Å²) >= 11 is 0. The predicted molar refractivity (Wildman–Crippen MR) is 96.0 cm³/mol. The SMILES string of the molecule is COc1cc(OC)c(C(=O)O[C@@H](C)C(=O)N2CCC(C)CC2)cc1OC. The first kappa shape index (κ1) is 19.9. The van der Waals surface area contributed by atoms with Crippen LogP contribution in [0.15, 0.2) is 12.1 Å². The first-order valence-corrected chi connectivity index (χ1v) is 8.71. The van der Waals surface area contributed by atoms with Crippen LogP contribution in [0.2, 0.25) is 0 Å². The van der Waals surface area contributed by atoms with Gasteiger partial charge < -0.3 is 23.8 Å². The molecule has 0 spiro atoms. The summed E-state index contributed by atoms with van der Waals surface area (Å²) in [6, 6.07) is 3.04. The zero-order chi connectivity index (χ0) is 19.3. The van der Waals surface area contributed by atoms with E-state index in [1.807, 2.05) is 0 Å². The fourth-order valence-corrected chi connectivity index (χ4v) is 2.95. The summed E-state index contributed by atoms with van der Waals surface area (Å²) < 4.78 is 21.1. The minimum absolute atomic E-state index is 0.176. The number of piperidine rings is 1. The highest BCUT2D eigenvalue weighted by molar-refractivity contribution is 5.95. The van der Waals surface area contributed by atoms with E-state index >= 15 is 0 Å². The Bertz CT molecular complexity index is 652. The molecular formula is C19H27NO6. The van der Waals surface area contributed by atoms with Gasteiger partial charge in [0, 0.05) is 25.2 Å². The third-order valence-electron chi connectivity index (χ3n) is 4.65. The van der Waals surface area contributed by atoms with Gasteiger partial charge in [-0.25, -0.2) is 4.79 Å². The van der Waals surface area contributed by atoms with Gasteiger partial charge in [0.15, 0.2) is 17.6 Å². The number of carbonyl (C=O) groups excluding carboxylic acids is 2. The van der Waals surface area contributed by atoms with Crippen LogP contribution in [-0.2, 0) is 9.53 Å². The van der Waals surface area contributed by atoms with E-state index in [-0.39, 0.29) is 11.5 Å². The minimum Gasteiger partial charge on any atom is -0.496 e. The largest absolute Gasteiger partial charge is 0.496 e. The molecule has 1 aliphatic heterocycles. The fraction of sp³-hybridized carbons (Fsp3) is 0.579. The quantitative estimate of drug-likeness (QED) is 0.721. The van der Waals surface area contributed by atoms with Crippen LogP contribution in [0.25, 0.3) is 0 Å². The Balaban J connectivity index is 2.12. The Morgan fingerprint density at radius 2 is 1.54 bits per heavy atom. The highest BCUT2D eigenvalue weighted by Gasteiger charge is 2.28. The van der Waals surface area contributed by atoms with E-state index in [4.69, 9.17) is 18.9 Å². The standard InChI is InChI=1S/C19H27NO6/c1-12-6-8-20(9-7-12)18(21)13(2)26-19(22)14-10-16(24-4)17(25-5)11-15(14)23-3/h10-13H,6-9H2,1-5H3/t13-/m0/s1. The number of nitrogens with zero attached hydrogens (tertiary/aromatic N) is 1. The van der Waals surface area contributed by atoms with E-state index in [1.54, 1.807) is 17.9 Å². The molecule has 144 valence electrons. The number of carbonyl (C=O) groups is 2. The third-order valence-corrected chi connectivity index (χ3v) is 4.65. The Kier molecular flexibility index (Phi) is 6.71. The fourth-order valence-electron chi connectivity index (χ4n) is 2.95. The van der Waals surface area contributed by atoms with Crippen molar-refractivity contribution in [2.45, 2.75) is 32.8 Å². The van der Waals surface area contributed by atoms with Crippen molar-refractivity contribution < 1.29 is 28.5 Å². The van der Waals surface area contributed by atoms with Crippen molar-refractivity contribution in [1.82, 2.24) is 4.90 Å². The lowest BCUT2D eigenvalue weighted by atomic mass is 9.99. The van der Waals surface area contributed by atoms with Gasteiger partial charge in [0.25, 0.3) is 5.91 Å². The molecule has 1 aliphatic rings. The average molecular weight is 365 g/mol. The molecule has 0 bridgehead atoms. The Morgan fingerprint density at radius 3 is 2.08 bits per heavy atom. The van der Waals surface area contributed by atoms with Crippen LogP contribution in [0.1, 0.15) is 37.0 Å². The summed E-state index contributed by atoms with van der Waals surface area (Å²) in [6.07, 6.45) is 1.07. The van der Waals surface area contributed by atoms with Crippen LogP contribution < -0.4 is 14.2 Å². The Morgan fingerprint density at radius 1 is 1.00 bits per heavy atom. The number of likely N-dealkylation sites (tertiary alicyclic amines) is 1. The molecule has 1 atom stereocenters. The highest BCUT2D eigenvalue weighted by atomic mass is 16.6. The zero-order valence-corrected chi connectivity index (χ0v) is 16.0. The van der Waals surface area contributed by atoms with Gasteiger partial charge >= 0.3 is 5.97 Å². The van der Waals surface area contributed by atoms with E-state index in [9.17, 15) is 9.59 Å². The number of methoxy groups -OCH3 is 3.